The second-order valence-electron chi connectivity index (χ2n) is 31.9. The largest absolute Gasteiger partial charge is 0.508 e. The SMILES string of the molecule is COC(=O)C1N=C(O)C2N=C(O)C(N=C(O)C3N=C(O)C4N=C(O)C(N=C(O)C(N)c5ccc(O)c(c5)Oc5cc4cc(O)c5C)C(O)c4ccc(cc4)Oc4cc3cc(c4OC3OC(COC4OC(C)C(O)C(O)C4O)C(O)C(O)C3O)Oc3ccc(cc3)C2OC2CC(N)C(O)C(C)O2)c2ccc(O)c(c2)-c2c(OC3OC(CO)C(O)C(O)C3O)cc(O)cc21.O=S(=O)(O)O. The van der Waals surface area contributed by atoms with Crippen LogP contribution in [-0.2, 0) is 48.4 Å². The number of carbonyl (C=O) groups is 1. The Kier molecular flexibility index (Phi) is 28.5. The molecule has 28 unspecified atom stereocenters. The molecule has 710 valence electrons. The monoisotopic (exact) mass is 1870 g/mol. The van der Waals surface area contributed by atoms with Gasteiger partial charge in [-0.15, -0.1) is 0 Å². The standard InChI is InChI=1S/C84H92N8O35.H2O4S/c1-28-45(97)18-35-20-46(28)122-47-19-33(9-16-44(47)96)55(86)75(109)91-60-64(100)31-5-11-38(12-6-31)120-49-21-36-22-50(74(49)127-84-72(108)69(105)66(102)52(125-84)27-117-82-70(106)67(103)63(99)30(3)119-82)121-39-13-7-32(8-14-39)73(126-53-25-42(85)62(98)29(2)118-53)61-80(114)90-59(81(115)116-4)41-23-37(94)24-48(123-83-71(107)68(104)65(101)51(26-93)124-83)54(41)40-17-34(10-15-43(40)95)56(76(110)92-61)87-78(112)58(36)88-77(111)57(35)89-79(60)113;1-5(2,3)4/h5-24,29-30,42,51-53,55-73,82-84,93-108H,25-27,85-86H2,1-4H3,(H,87,112)(H,88,111)(H,89,113)(H,90,114)(H,91,109)(H,92,110);(H2,1,2,3,4). The van der Waals surface area contributed by atoms with Crippen LogP contribution in [0.2, 0.25) is 0 Å². The van der Waals surface area contributed by atoms with Crippen LogP contribution in [0.25, 0.3) is 11.1 Å². The Morgan fingerprint density at radius 3 is 1.58 bits per heavy atom. The molecule has 4 fully saturated rings. The summed E-state index contributed by atoms with van der Waals surface area (Å²) in [6.45, 7) is 2.42. The number of hydrogen-bond acceptors (Lipinski definition) is 39. The Labute approximate surface area is 746 Å². The summed E-state index contributed by atoms with van der Waals surface area (Å²) in [7, 11) is -3.76. The lowest BCUT2D eigenvalue weighted by molar-refractivity contribution is -0.318. The van der Waals surface area contributed by atoms with Crippen LogP contribution in [0.15, 0.2) is 151 Å². The number of aliphatic hydroxyl groups is 18. The number of rotatable bonds is 11. The third-order valence-electron chi connectivity index (χ3n) is 22.9. The number of aliphatic imine (C=N–C) groups is 6. The molecule has 47 nitrogen and oxygen atoms in total. The van der Waals surface area contributed by atoms with Crippen molar-refractivity contribution in [2.24, 2.45) is 41.4 Å². The molecule has 132 heavy (non-hydrogen) atoms. The van der Waals surface area contributed by atoms with Crippen molar-refractivity contribution in [1.29, 1.82) is 0 Å². The number of esters is 1. The van der Waals surface area contributed by atoms with Crippen molar-refractivity contribution in [3.63, 3.8) is 0 Å². The number of nitrogens with zero attached hydrogens (tertiary/aromatic N) is 6. The second kappa shape index (κ2) is 39.1. The summed E-state index contributed by atoms with van der Waals surface area (Å²) in [5, 5.41) is 261. The molecule has 7 aromatic rings. The predicted molar refractivity (Wildman–Crippen MR) is 449 cm³/mol. The lowest BCUT2D eigenvalue weighted by Gasteiger charge is -2.42. The van der Waals surface area contributed by atoms with Gasteiger partial charge in [-0.3, -0.25) is 9.11 Å². The van der Waals surface area contributed by atoms with Crippen molar-refractivity contribution in [3.8, 4) is 80.1 Å². The zero-order valence-electron chi connectivity index (χ0n) is 69.4. The molecule has 0 amide bonds. The third kappa shape index (κ3) is 20.2. The number of aromatic hydroxyl groups is 4. The summed E-state index contributed by atoms with van der Waals surface area (Å²) < 4.78 is 106. The van der Waals surface area contributed by atoms with E-state index in [2.05, 4.69) is 25.0 Å². The molecule has 28 N–H and O–H groups in total. The Balaban J connectivity index is 0.00000273. The van der Waals surface area contributed by atoms with Crippen molar-refractivity contribution in [1.82, 2.24) is 0 Å². The highest BCUT2D eigenvalue weighted by Gasteiger charge is 2.51. The van der Waals surface area contributed by atoms with Gasteiger partial charge in [0.15, 0.2) is 71.8 Å². The van der Waals surface area contributed by atoms with Gasteiger partial charge < -0.3 is 181 Å². The van der Waals surface area contributed by atoms with Crippen LogP contribution >= 0.6 is 0 Å². The number of hydrogen-bond donors (Lipinski definition) is 26. The zero-order valence-corrected chi connectivity index (χ0v) is 70.3. The lowest BCUT2D eigenvalue weighted by Crippen LogP contribution is -2.61. The van der Waals surface area contributed by atoms with Crippen LogP contribution < -0.4 is 35.2 Å². The molecule has 0 saturated carbocycles. The topological polar surface area (TPSA) is 774 Å². The molecule has 4 saturated heterocycles. The van der Waals surface area contributed by atoms with Crippen molar-refractivity contribution in [2.75, 3.05) is 20.3 Å². The number of fused-ring (bicyclic) bond motifs is 12. The normalized spacial score (nSPS) is 32.5. The van der Waals surface area contributed by atoms with Gasteiger partial charge in [-0.2, -0.15) is 8.42 Å². The van der Waals surface area contributed by atoms with E-state index >= 15 is 0 Å². The maximum atomic E-state index is 14.8. The molecule has 0 aromatic heterocycles. The Morgan fingerprint density at radius 1 is 0.470 bits per heavy atom. The van der Waals surface area contributed by atoms with Crippen LogP contribution in [0.3, 0.4) is 0 Å². The molecule has 0 aliphatic carbocycles. The highest BCUT2D eigenvalue weighted by atomic mass is 32.3. The van der Waals surface area contributed by atoms with E-state index in [0.717, 1.165) is 61.7 Å². The molecule has 10 heterocycles. The molecule has 28 atom stereocenters. The van der Waals surface area contributed by atoms with Crippen LogP contribution in [0.1, 0.15) is 107 Å². The van der Waals surface area contributed by atoms with Gasteiger partial charge in [0.05, 0.1) is 38.6 Å². The van der Waals surface area contributed by atoms with Gasteiger partial charge in [0.25, 0.3) is 0 Å². The number of carbonyl (C=O) groups excluding carboxylic acids is 1. The maximum Gasteiger partial charge on any atom is 0.394 e. The van der Waals surface area contributed by atoms with E-state index in [1.165, 1.54) is 87.5 Å². The predicted octanol–water partition coefficient (Wildman–Crippen LogP) is 1.60. The van der Waals surface area contributed by atoms with E-state index in [9.17, 15) is 117 Å². The number of ether oxygens (including phenoxy) is 12. The quantitative estimate of drug-likeness (QED) is 0.0646. The molecule has 7 aromatic carbocycles. The lowest BCUT2D eigenvalue weighted by atomic mass is 9.90. The minimum atomic E-state index is -4.67. The molecule has 17 rings (SSSR count). The van der Waals surface area contributed by atoms with Crippen molar-refractivity contribution in [2.45, 2.75) is 198 Å². The van der Waals surface area contributed by atoms with E-state index in [-0.39, 0.29) is 57.2 Å². The van der Waals surface area contributed by atoms with Crippen molar-refractivity contribution >= 4 is 51.8 Å². The Hall–Kier alpha value is -11.9. The van der Waals surface area contributed by atoms with Crippen molar-refractivity contribution in [3.05, 3.63) is 166 Å². The summed E-state index contributed by atoms with van der Waals surface area (Å²) >= 11 is 0. The first-order chi connectivity index (χ1) is 62.4. The van der Waals surface area contributed by atoms with Crippen molar-refractivity contribution < 1.29 is 192 Å². The highest BCUT2D eigenvalue weighted by molar-refractivity contribution is 7.79. The fourth-order valence-electron chi connectivity index (χ4n) is 15.7. The highest BCUT2D eigenvalue weighted by Crippen LogP contribution is 2.52. The van der Waals surface area contributed by atoms with E-state index < -0.39 is 310 Å². The fourth-order valence-corrected chi connectivity index (χ4v) is 15.7. The van der Waals surface area contributed by atoms with Crippen LogP contribution in [0.5, 0.6) is 69.0 Å². The first-order valence-electron chi connectivity index (χ1n) is 40.4. The average Bonchev–Trinajstić information content (AvgIpc) is 0.753. The molecular weight excluding hydrogens is 1780 g/mol. The van der Waals surface area contributed by atoms with Gasteiger partial charge in [0, 0.05) is 40.8 Å². The molecule has 17 bridgehead atoms. The number of phenolic OH excluding ortho intramolecular Hbond substituents is 4. The molecule has 10 aliphatic heterocycles. The molecule has 10 aliphatic rings. The minimum absolute atomic E-state index is 0.0329. The van der Waals surface area contributed by atoms with Crippen LogP contribution in [-0.4, -0.2) is 320 Å². The van der Waals surface area contributed by atoms with Gasteiger partial charge >= 0.3 is 16.4 Å². The third-order valence-corrected chi connectivity index (χ3v) is 22.9. The Morgan fingerprint density at radius 2 is 0.970 bits per heavy atom. The second-order valence-corrected chi connectivity index (χ2v) is 32.8. The number of benzene rings is 7. The smallest absolute Gasteiger partial charge is 0.394 e. The van der Waals surface area contributed by atoms with E-state index in [4.69, 9.17) is 90.8 Å². The fraction of sp³-hybridized carbons (Fsp3) is 0.417. The maximum absolute atomic E-state index is 14.8. The number of methoxy groups -OCH3 is 1. The van der Waals surface area contributed by atoms with Crippen LogP contribution in [0.4, 0.5) is 0 Å². The summed E-state index contributed by atoms with van der Waals surface area (Å²) in [5.41, 5.74) is 10.1. The van der Waals surface area contributed by atoms with E-state index in [1.807, 2.05) is 0 Å². The first kappa shape index (κ1) is 96.2. The number of aliphatic hydroxyl groups excluding tert-OH is 18. The summed E-state index contributed by atoms with van der Waals surface area (Å²) in [5.74, 6) is -15.1. The zero-order chi connectivity index (χ0) is 95.4. The summed E-state index contributed by atoms with van der Waals surface area (Å²) in [4.78, 5) is 42.0. The van der Waals surface area contributed by atoms with Crippen LogP contribution in [0, 0.1) is 6.92 Å². The molecule has 0 radical (unpaired) electrons. The van der Waals surface area contributed by atoms with E-state index in [0.29, 0.717) is 0 Å². The van der Waals surface area contributed by atoms with Gasteiger partial charge in [-0.05, 0) is 133 Å². The van der Waals surface area contributed by atoms with Gasteiger partial charge in [-0.1, -0.05) is 36.4 Å². The van der Waals surface area contributed by atoms with E-state index in [1.54, 1.807) is 0 Å². The summed E-state index contributed by atoms with van der Waals surface area (Å²) in [6.07, 6.45) is -36.8. The molecule has 48 heteroatoms. The number of phenols is 4. The van der Waals surface area contributed by atoms with Gasteiger partial charge in [-0.25, -0.2) is 34.7 Å². The molecule has 0 spiro atoms. The Bertz CT molecular complexity index is 5720. The average molecular weight is 1870 g/mol. The summed E-state index contributed by atoms with van der Waals surface area (Å²) in [6, 6.07) is 6.63. The molecular formula is C84H94N8O39S. The minimum Gasteiger partial charge on any atom is -0.508 e. The van der Waals surface area contributed by atoms with Gasteiger partial charge in [0.1, 0.15) is 126 Å². The number of nitrogens with two attached hydrogens (primary N) is 2. The first-order valence-corrected chi connectivity index (χ1v) is 41.8. The van der Waals surface area contributed by atoms with Gasteiger partial charge in [0.2, 0.25) is 53.7 Å².